The van der Waals surface area contributed by atoms with Gasteiger partial charge in [0.25, 0.3) is 5.56 Å². The lowest BCUT2D eigenvalue weighted by Crippen LogP contribution is -2.44. The highest BCUT2D eigenvalue weighted by atomic mass is 16.3. The molecule has 4 rings (SSSR count). The van der Waals surface area contributed by atoms with Gasteiger partial charge in [-0.15, -0.1) is 6.58 Å². The minimum Gasteiger partial charge on any atom is -0.385 e. The Balaban J connectivity index is 1.63. The Morgan fingerprint density at radius 3 is 2.79 bits per heavy atom. The molecule has 2 aromatic rings. The summed E-state index contributed by atoms with van der Waals surface area (Å²) in [4.78, 5) is 28.4. The maximum Gasteiger partial charge on any atom is 0.278 e. The van der Waals surface area contributed by atoms with Crippen LogP contribution in [0, 0.1) is 0 Å². The summed E-state index contributed by atoms with van der Waals surface area (Å²) in [6.45, 7) is 7.75. The third kappa shape index (κ3) is 4.56. The van der Waals surface area contributed by atoms with Gasteiger partial charge in [-0.25, -0.2) is 14.3 Å². The second kappa shape index (κ2) is 9.44. The van der Waals surface area contributed by atoms with Crippen molar-refractivity contribution in [3.8, 4) is 0 Å². The third-order valence-corrected chi connectivity index (χ3v) is 6.67. The number of piperidine rings is 1. The second-order valence-corrected chi connectivity index (χ2v) is 8.89. The quantitative estimate of drug-likeness (QED) is 0.412. The Morgan fingerprint density at radius 2 is 2.09 bits per heavy atom. The first-order valence-electron chi connectivity index (χ1n) is 11.5. The predicted molar refractivity (Wildman–Crippen MR) is 132 cm³/mol. The Kier molecular flexibility index (Phi) is 6.62. The van der Waals surface area contributed by atoms with E-state index in [-0.39, 0.29) is 5.56 Å². The fourth-order valence-corrected chi connectivity index (χ4v) is 4.58. The summed E-state index contributed by atoms with van der Waals surface area (Å²) in [6, 6.07) is 0. The van der Waals surface area contributed by atoms with Crippen LogP contribution < -0.4 is 10.9 Å². The van der Waals surface area contributed by atoms with Crippen molar-refractivity contribution in [3.05, 3.63) is 52.6 Å². The number of anilines is 1. The van der Waals surface area contributed by atoms with Gasteiger partial charge in [-0.1, -0.05) is 12.2 Å². The van der Waals surface area contributed by atoms with Gasteiger partial charge in [-0.3, -0.25) is 9.79 Å². The van der Waals surface area contributed by atoms with E-state index in [9.17, 15) is 9.90 Å². The number of aromatic nitrogens is 4. The molecule has 0 saturated carbocycles. The molecule has 0 amide bonds. The van der Waals surface area contributed by atoms with Crippen LogP contribution in [0.15, 0.2) is 52.1 Å². The third-order valence-electron chi connectivity index (χ3n) is 6.67. The number of hydrogen-bond acceptors (Lipinski definition) is 7. The van der Waals surface area contributed by atoms with Gasteiger partial charge in [0.1, 0.15) is 11.2 Å². The number of aliphatic imine (C=N–C) groups is 1. The molecule has 1 aliphatic heterocycles. The van der Waals surface area contributed by atoms with E-state index in [1.54, 1.807) is 28.7 Å². The number of nitrogens with zero attached hydrogens (tertiary/aromatic N) is 6. The highest BCUT2D eigenvalue weighted by Crippen LogP contribution is 2.34. The van der Waals surface area contributed by atoms with E-state index in [0.29, 0.717) is 29.4 Å². The molecule has 1 fully saturated rings. The van der Waals surface area contributed by atoms with Crippen LogP contribution in [-0.4, -0.2) is 68.0 Å². The van der Waals surface area contributed by atoms with E-state index in [2.05, 4.69) is 44.9 Å². The van der Waals surface area contributed by atoms with Gasteiger partial charge < -0.3 is 15.3 Å². The van der Waals surface area contributed by atoms with Crippen LogP contribution >= 0.6 is 0 Å². The molecule has 2 N–H and O–H groups in total. The van der Waals surface area contributed by atoms with Gasteiger partial charge in [0.05, 0.1) is 12.1 Å². The van der Waals surface area contributed by atoms with Crippen molar-refractivity contribution in [2.24, 2.45) is 4.99 Å². The maximum atomic E-state index is 12.8. The van der Waals surface area contributed by atoms with E-state index in [1.165, 1.54) is 0 Å². The molecule has 1 aliphatic carbocycles. The molecule has 9 heteroatoms. The van der Waals surface area contributed by atoms with Crippen molar-refractivity contribution < 1.29 is 5.11 Å². The molecule has 2 aliphatic rings. The van der Waals surface area contributed by atoms with Crippen molar-refractivity contribution >= 4 is 22.8 Å². The summed E-state index contributed by atoms with van der Waals surface area (Å²) < 4.78 is 3.27. The first-order valence-corrected chi connectivity index (χ1v) is 11.5. The lowest BCUT2D eigenvalue weighted by molar-refractivity contribution is 0.0136. The SMILES string of the molecule is C=CCn1c(=O)c2cnc(NC3=CC=C(C4(O)CCN(C)CC4)CCC3)nc2n1C(C)=NC. The first-order chi connectivity index (χ1) is 15.9. The molecule has 2 aromatic heterocycles. The minimum atomic E-state index is -0.713. The molecule has 0 radical (unpaired) electrons. The van der Waals surface area contributed by atoms with Crippen molar-refractivity contribution in [2.75, 3.05) is 32.5 Å². The number of hydrogen-bond donors (Lipinski definition) is 2. The molecule has 9 nitrogen and oxygen atoms in total. The highest BCUT2D eigenvalue weighted by Gasteiger charge is 2.34. The molecule has 0 bridgehead atoms. The van der Waals surface area contributed by atoms with Gasteiger partial charge in [0.2, 0.25) is 5.95 Å². The Bertz CT molecular complexity index is 1190. The molecule has 0 aromatic carbocycles. The van der Waals surface area contributed by atoms with E-state index in [4.69, 9.17) is 0 Å². The summed E-state index contributed by atoms with van der Waals surface area (Å²) >= 11 is 0. The van der Waals surface area contributed by atoms with Crippen molar-refractivity contribution in [1.29, 1.82) is 0 Å². The number of allylic oxidation sites excluding steroid dienone is 4. The smallest absolute Gasteiger partial charge is 0.278 e. The average molecular weight is 452 g/mol. The van der Waals surface area contributed by atoms with Gasteiger partial charge >= 0.3 is 0 Å². The molecule has 0 atom stereocenters. The second-order valence-electron chi connectivity index (χ2n) is 8.89. The zero-order valence-electron chi connectivity index (χ0n) is 19.7. The maximum absolute atomic E-state index is 12.8. The van der Waals surface area contributed by atoms with Crippen LogP contribution in [0.3, 0.4) is 0 Å². The molecule has 33 heavy (non-hydrogen) atoms. The summed E-state index contributed by atoms with van der Waals surface area (Å²) in [7, 11) is 3.78. The Hall–Kier alpha value is -3.04. The number of likely N-dealkylation sites (tertiary alicyclic amines) is 1. The van der Waals surface area contributed by atoms with E-state index >= 15 is 0 Å². The average Bonchev–Trinajstić information content (AvgIpc) is 2.95. The fourth-order valence-electron chi connectivity index (χ4n) is 4.58. The van der Waals surface area contributed by atoms with Crippen LogP contribution in [0.5, 0.6) is 0 Å². The minimum absolute atomic E-state index is 0.174. The standard InChI is InChI=1S/C24H33N7O2/c1-5-13-30-22(32)20-16-26-23(28-21(20)31(30)17(2)25-3)27-19-8-6-7-18(9-10-19)24(33)11-14-29(4)15-12-24/h5,9-10,16,33H,1,6-8,11-15H2,2-4H3,(H,26,27,28). The van der Waals surface area contributed by atoms with Crippen LogP contribution in [0.2, 0.25) is 0 Å². The first kappa shape index (κ1) is 23.1. The fraction of sp³-hybridized carbons (Fsp3) is 0.500. The summed E-state index contributed by atoms with van der Waals surface area (Å²) in [5.41, 5.74) is 1.71. The number of rotatable bonds is 5. The summed E-state index contributed by atoms with van der Waals surface area (Å²) in [6.07, 6.45) is 11.5. The highest BCUT2D eigenvalue weighted by molar-refractivity contribution is 5.90. The van der Waals surface area contributed by atoms with Gasteiger partial charge in [-0.2, -0.15) is 4.98 Å². The molecule has 1 saturated heterocycles. The monoisotopic (exact) mass is 451 g/mol. The largest absolute Gasteiger partial charge is 0.385 e. The van der Waals surface area contributed by atoms with E-state index < -0.39 is 5.60 Å². The molecular formula is C24H33N7O2. The van der Waals surface area contributed by atoms with Gasteiger partial charge in [0, 0.05) is 32.0 Å². The molecule has 176 valence electrons. The van der Waals surface area contributed by atoms with Gasteiger partial charge in [0.15, 0.2) is 5.65 Å². The van der Waals surface area contributed by atoms with Crippen LogP contribution in [-0.2, 0) is 6.54 Å². The van der Waals surface area contributed by atoms with Crippen LogP contribution in [0.25, 0.3) is 11.0 Å². The van der Waals surface area contributed by atoms with Crippen LogP contribution in [0.1, 0.15) is 39.0 Å². The molecular weight excluding hydrogens is 418 g/mol. The predicted octanol–water partition coefficient (Wildman–Crippen LogP) is 2.54. The number of nitrogens with one attached hydrogen (secondary N) is 1. The molecule has 0 unspecified atom stereocenters. The Morgan fingerprint density at radius 1 is 1.33 bits per heavy atom. The van der Waals surface area contributed by atoms with Gasteiger partial charge in [-0.05, 0) is 57.7 Å². The van der Waals surface area contributed by atoms with E-state index in [1.807, 2.05) is 13.0 Å². The molecule has 0 spiro atoms. The summed E-state index contributed by atoms with van der Waals surface area (Å²) in [5, 5.41) is 14.9. The lowest BCUT2D eigenvalue weighted by Gasteiger charge is -2.38. The molecule has 3 heterocycles. The zero-order valence-corrected chi connectivity index (χ0v) is 19.7. The Labute approximate surface area is 193 Å². The number of fused-ring (bicyclic) bond motifs is 1. The normalized spacial score (nSPS) is 19.7. The van der Waals surface area contributed by atoms with Crippen molar-refractivity contribution in [3.63, 3.8) is 0 Å². The topological polar surface area (TPSA) is 101 Å². The lowest BCUT2D eigenvalue weighted by atomic mass is 9.82. The number of aliphatic hydroxyl groups is 1. The van der Waals surface area contributed by atoms with Crippen molar-refractivity contribution in [2.45, 2.75) is 51.2 Å². The zero-order chi connectivity index (χ0) is 23.6. The summed E-state index contributed by atoms with van der Waals surface area (Å²) in [5.74, 6) is 1.08. The van der Waals surface area contributed by atoms with Crippen LogP contribution in [0.4, 0.5) is 5.95 Å². The van der Waals surface area contributed by atoms with Crippen molar-refractivity contribution in [1.82, 2.24) is 24.2 Å². The van der Waals surface area contributed by atoms with E-state index in [0.717, 1.165) is 56.5 Å².